The summed E-state index contributed by atoms with van der Waals surface area (Å²) in [5.41, 5.74) is 3.00. The first-order valence-electron chi connectivity index (χ1n) is 10.2. The van der Waals surface area contributed by atoms with Crippen LogP contribution in [0.5, 0.6) is 5.75 Å². The van der Waals surface area contributed by atoms with E-state index in [0.717, 1.165) is 30.6 Å². The number of fused-ring (bicyclic) bond motifs is 2. The number of hydrogen-bond acceptors (Lipinski definition) is 4. The van der Waals surface area contributed by atoms with Crippen LogP contribution in [0, 0.1) is 17.2 Å². The first kappa shape index (κ1) is 19.5. The van der Waals surface area contributed by atoms with Crippen LogP contribution < -0.4 is 4.74 Å². The van der Waals surface area contributed by atoms with Crippen LogP contribution in [-0.2, 0) is 21.0 Å². The molecule has 0 amide bonds. The van der Waals surface area contributed by atoms with Crippen molar-refractivity contribution >= 4 is 8.32 Å². The van der Waals surface area contributed by atoms with E-state index in [1.165, 1.54) is 11.1 Å². The fourth-order valence-electron chi connectivity index (χ4n) is 4.92. The van der Waals surface area contributed by atoms with E-state index in [9.17, 15) is 5.26 Å². The molecule has 0 saturated heterocycles. The number of benzene rings is 1. The normalized spacial score (nSPS) is 31.2. The SMILES string of the molecule is COc1ccc2c(c1)C[C@H]1OC=C3[C@@H](O[Si](C)(C)C(C)(C)C)CC[C@]2(C#N)[C@H]31. The Balaban J connectivity index is 1.71. The molecule has 0 N–H and O–H groups in total. The van der Waals surface area contributed by atoms with Gasteiger partial charge in [0.15, 0.2) is 8.32 Å². The minimum atomic E-state index is -1.90. The maximum Gasteiger partial charge on any atom is 0.192 e. The Kier molecular flexibility index (Phi) is 4.44. The predicted molar refractivity (Wildman–Crippen MR) is 112 cm³/mol. The monoisotopic (exact) mass is 397 g/mol. The molecule has 4 rings (SSSR count). The van der Waals surface area contributed by atoms with Gasteiger partial charge in [0, 0.05) is 17.9 Å². The number of nitrogens with zero attached hydrogens (tertiary/aromatic N) is 1. The van der Waals surface area contributed by atoms with Gasteiger partial charge in [0.05, 0.1) is 31.0 Å². The summed E-state index contributed by atoms with van der Waals surface area (Å²) < 4.78 is 18.4. The van der Waals surface area contributed by atoms with Gasteiger partial charge in [-0.05, 0) is 54.2 Å². The van der Waals surface area contributed by atoms with E-state index in [-0.39, 0.29) is 23.2 Å². The molecular formula is C23H31NO3Si. The second kappa shape index (κ2) is 6.37. The third-order valence-corrected chi connectivity index (χ3v) is 12.0. The molecule has 0 aromatic heterocycles. The van der Waals surface area contributed by atoms with Crippen LogP contribution in [0.2, 0.25) is 18.1 Å². The lowest BCUT2D eigenvalue weighted by Crippen LogP contribution is -2.53. The van der Waals surface area contributed by atoms with Crippen LogP contribution in [0.4, 0.5) is 0 Å². The molecule has 1 fully saturated rings. The molecule has 0 unspecified atom stereocenters. The van der Waals surface area contributed by atoms with Gasteiger partial charge in [0.25, 0.3) is 0 Å². The van der Waals surface area contributed by atoms with Gasteiger partial charge in [-0.3, -0.25) is 0 Å². The highest BCUT2D eigenvalue weighted by atomic mass is 28.4. The first-order chi connectivity index (χ1) is 13.1. The van der Waals surface area contributed by atoms with Crippen molar-refractivity contribution in [3.8, 4) is 11.8 Å². The van der Waals surface area contributed by atoms with Gasteiger partial charge in [-0.25, -0.2) is 0 Å². The van der Waals surface area contributed by atoms with Crippen LogP contribution in [0.1, 0.15) is 44.7 Å². The summed E-state index contributed by atoms with van der Waals surface area (Å²) >= 11 is 0. The highest BCUT2D eigenvalue weighted by Crippen LogP contribution is 2.56. The molecule has 0 spiro atoms. The van der Waals surface area contributed by atoms with E-state index in [1.54, 1.807) is 7.11 Å². The lowest BCUT2D eigenvalue weighted by molar-refractivity contribution is 0.0659. The molecule has 0 bridgehead atoms. The lowest BCUT2D eigenvalue weighted by Gasteiger charge is -2.49. The topological polar surface area (TPSA) is 51.5 Å². The second-order valence-corrected chi connectivity index (χ2v) is 14.7. The van der Waals surface area contributed by atoms with Gasteiger partial charge >= 0.3 is 0 Å². The summed E-state index contributed by atoms with van der Waals surface area (Å²) in [6.07, 6.45) is 4.49. The number of nitriles is 1. The van der Waals surface area contributed by atoms with Crippen molar-refractivity contribution in [2.45, 2.75) is 75.8 Å². The number of rotatable bonds is 3. The Bertz CT molecular complexity index is 864. The minimum absolute atomic E-state index is 0.0140. The molecule has 1 heterocycles. The fourth-order valence-corrected chi connectivity index (χ4v) is 6.24. The summed E-state index contributed by atoms with van der Waals surface area (Å²) in [6, 6.07) is 8.87. The smallest absolute Gasteiger partial charge is 0.192 e. The summed E-state index contributed by atoms with van der Waals surface area (Å²) in [6.45, 7) is 11.4. The van der Waals surface area contributed by atoms with Crippen LogP contribution in [0.15, 0.2) is 30.0 Å². The maximum absolute atomic E-state index is 10.4. The molecule has 1 aliphatic heterocycles. The largest absolute Gasteiger partial charge is 0.497 e. The van der Waals surface area contributed by atoms with Crippen molar-refractivity contribution in [3.05, 3.63) is 41.2 Å². The average molecular weight is 398 g/mol. The predicted octanol–water partition coefficient (Wildman–Crippen LogP) is 5.10. The molecule has 4 atom stereocenters. The molecule has 5 heteroatoms. The summed E-state index contributed by atoms with van der Waals surface area (Å²) in [5, 5.41) is 10.5. The zero-order valence-corrected chi connectivity index (χ0v) is 18.8. The molecule has 150 valence electrons. The summed E-state index contributed by atoms with van der Waals surface area (Å²) in [4.78, 5) is 0. The minimum Gasteiger partial charge on any atom is -0.497 e. The highest BCUT2D eigenvalue weighted by molar-refractivity contribution is 6.74. The zero-order valence-electron chi connectivity index (χ0n) is 17.8. The molecule has 2 aliphatic carbocycles. The zero-order chi connectivity index (χ0) is 20.3. The number of ether oxygens (including phenoxy) is 2. The lowest BCUT2D eigenvalue weighted by atomic mass is 9.55. The Morgan fingerprint density at radius 1 is 1.29 bits per heavy atom. The van der Waals surface area contributed by atoms with E-state index in [1.807, 2.05) is 12.3 Å². The molecule has 1 saturated carbocycles. The number of hydrogen-bond donors (Lipinski definition) is 0. The third-order valence-electron chi connectivity index (χ3n) is 7.47. The van der Waals surface area contributed by atoms with Gasteiger partial charge in [0.1, 0.15) is 11.9 Å². The third kappa shape index (κ3) is 2.73. The molecule has 28 heavy (non-hydrogen) atoms. The van der Waals surface area contributed by atoms with Crippen LogP contribution >= 0.6 is 0 Å². The van der Waals surface area contributed by atoms with Gasteiger partial charge in [-0.2, -0.15) is 5.26 Å². The molecule has 0 radical (unpaired) electrons. The Morgan fingerprint density at radius 2 is 2.04 bits per heavy atom. The van der Waals surface area contributed by atoms with Gasteiger partial charge in [-0.1, -0.05) is 26.8 Å². The van der Waals surface area contributed by atoms with E-state index in [2.05, 4.69) is 52.1 Å². The standard InChI is InChI=1S/C23H31NO3Si/c1-22(2,3)28(5,6)27-19-9-10-23(14-24)18-8-7-16(25-4)11-15(18)12-20-21(23)17(19)13-26-20/h7-8,11,13,19-21H,9-10,12H2,1-6H3/t19-,20+,21+,23+/m0/s1. The Morgan fingerprint density at radius 3 is 2.68 bits per heavy atom. The first-order valence-corrected chi connectivity index (χ1v) is 13.2. The van der Waals surface area contributed by atoms with Crippen molar-refractivity contribution < 1.29 is 13.9 Å². The van der Waals surface area contributed by atoms with Crippen molar-refractivity contribution in [1.82, 2.24) is 0 Å². The molecule has 1 aromatic rings. The Hall–Kier alpha value is -1.77. The van der Waals surface area contributed by atoms with Gasteiger partial charge < -0.3 is 13.9 Å². The van der Waals surface area contributed by atoms with E-state index < -0.39 is 13.7 Å². The highest BCUT2D eigenvalue weighted by Gasteiger charge is 2.58. The average Bonchev–Trinajstić information content (AvgIpc) is 3.07. The van der Waals surface area contributed by atoms with Crippen molar-refractivity contribution in [2.24, 2.45) is 5.92 Å². The summed E-state index contributed by atoms with van der Waals surface area (Å²) in [5.74, 6) is 0.924. The van der Waals surface area contributed by atoms with Crippen molar-refractivity contribution in [2.75, 3.05) is 7.11 Å². The molecule has 4 nitrogen and oxygen atoms in total. The van der Waals surface area contributed by atoms with Crippen molar-refractivity contribution in [3.63, 3.8) is 0 Å². The fraction of sp³-hybridized carbons (Fsp3) is 0.609. The second-order valence-electron chi connectivity index (χ2n) is 9.99. The van der Waals surface area contributed by atoms with Crippen molar-refractivity contribution in [1.29, 1.82) is 5.26 Å². The Labute approximate surface area is 169 Å². The van der Waals surface area contributed by atoms with E-state index >= 15 is 0 Å². The van der Waals surface area contributed by atoms with Gasteiger partial charge in [-0.15, -0.1) is 0 Å². The molecular weight excluding hydrogens is 366 g/mol. The van der Waals surface area contributed by atoms with E-state index in [4.69, 9.17) is 13.9 Å². The number of methoxy groups -OCH3 is 1. The van der Waals surface area contributed by atoms with Crippen LogP contribution in [-0.4, -0.2) is 27.6 Å². The van der Waals surface area contributed by atoms with Crippen LogP contribution in [0.3, 0.4) is 0 Å². The molecule has 1 aromatic carbocycles. The van der Waals surface area contributed by atoms with E-state index in [0.29, 0.717) is 0 Å². The van der Waals surface area contributed by atoms with Crippen LogP contribution in [0.25, 0.3) is 0 Å². The molecule has 3 aliphatic rings. The quantitative estimate of drug-likeness (QED) is 0.666. The summed E-state index contributed by atoms with van der Waals surface area (Å²) in [7, 11) is -0.220. The maximum atomic E-state index is 10.4. The van der Waals surface area contributed by atoms with Gasteiger partial charge in [0.2, 0.25) is 0 Å².